The van der Waals surface area contributed by atoms with Crippen molar-refractivity contribution in [3.63, 3.8) is 0 Å². The Labute approximate surface area is 72.2 Å². The van der Waals surface area contributed by atoms with Crippen LogP contribution in [0, 0.1) is 0 Å². The second kappa shape index (κ2) is 3.70. The van der Waals surface area contributed by atoms with Crippen molar-refractivity contribution in [1.29, 1.82) is 0 Å². The molecular formula is C8H17NO3. The third kappa shape index (κ3) is 1.61. The van der Waals surface area contributed by atoms with Gasteiger partial charge in [-0.05, 0) is 13.3 Å². The van der Waals surface area contributed by atoms with Crippen molar-refractivity contribution in [3.05, 3.63) is 0 Å². The van der Waals surface area contributed by atoms with Crippen molar-refractivity contribution in [2.75, 3.05) is 0 Å². The molecule has 4 N–H and O–H groups in total. The van der Waals surface area contributed by atoms with Crippen molar-refractivity contribution in [3.8, 4) is 0 Å². The summed E-state index contributed by atoms with van der Waals surface area (Å²) < 4.78 is 0. The highest BCUT2D eigenvalue weighted by Crippen LogP contribution is 2.16. The fourth-order valence-corrected chi connectivity index (χ4v) is 1.63. The van der Waals surface area contributed by atoms with Crippen molar-refractivity contribution in [2.45, 2.75) is 50.7 Å². The average Bonchev–Trinajstić information content (AvgIpc) is 2.08. The van der Waals surface area contributed by atoms with Gasteiger partial charge in [-0.1, -0.05) is 6.92 Å². The number of hydrogen-bond donors (Lipinski definition) is 4. The number of aliphatic hydroxyl groups excluding tert-OH is 3. The minimum Gasteiger partial charge on any atom is -0.389 e. The number of piperidine rings is 1. The van der Waals surface area contributed by atoms with E-state index in [-0.39, 0.29) is 12.1 Å². The minimum absolute atomic E-state index is 0.113. The van der Waals surface area contributed by atoms with Gasteiger partial charge in [-0.15, -0.1) is 0 Å². The monoisotopic (exact) mass is 175 g/mol. The van der Waals surface area contributed by atoms with E-state index in [0.29, 0.717) is 0 Å². The van der Waals surface area contributed by atoms with Gasteiger partial charge in [0.15, 0.2) is 0 Å². The van der Waals surface area contributed by atoms with Gasteiger partial charge < -0.3 is 20.6 Å². The summed E-state index contributed by atoms with van der Waals surface area (Å²) in [5.41, 5.74) is 0. The highest BCUT2D eigenvalue weighted by atomic mass is 16.4. The predicted octanol–water partition coefficient (Wildman–Crippen LogP) is -1.16. The first-order valence-electron chi connectivity index (χ1n) is 4.38. The molecule has 1 unspecified atom stereocenters. The summed E-state index contributed by atoms with van der Waals surface area (Å²) >= 11 is 0. The van der Waals surface area contributed by atoms with Crippen LogP contribution in [-0.2, 0) is 0 Å². The SMILES string of the molecule is CC[C@H]1NC(C)[C@H](O)[C@@H](O)[C@@H]1O. The zero-order valence-corrected chi connectivity index (χ0v) is 7.44. The van der Waals surface area contributed by atoms with Gasteiger partial charge in [0.05, 0.1) is 12.2 Å². The Bertz CT molecular complexity index is 148. The van der Waals surface area contributed by atoms with E-state index in [1.165, 1.54) is 0 Å². The Kier molecular flexibility index (Phi) is 3.06. The molecule has 1 heterocycles. The Balaban J connectivity index is 2.63. The Morgan fingerprint density at radius 2 is 1.67 bits per heavy atom. The lowest BCUT2D eigenvalue weighted by Gasteiger charge is -2.40. The maximum Gasteiger partial charge on any atom is 0.109 e. The van der Waals surface area contributed by atoms with E-state index in [2.05, 4.69) is 5.32 Å². The summed E-state index contributed by atoms with van der Waals surface area (Å²) in [6.07, 6.45) is -2.01. The Hall–Kier alpha value is -0.160. The molecule has 0 aromatic heterocycles. The molecule has 0 bridgehead atoms. The van der Waals surface area contributed by atoms with Crippen LogP contribution in [0.3, 0.4) is 0 Å². The second-order valence-corrected chi connectivity index (χ2v) is 3.44. The standard InChI is InChI=1S/C8H17NO3/c1-3-5-7(11)8(12)6(10)4(2)9-5/h4-12H,3H2,1-2H3/t4?,5-,6+,7-,8-/m1/s1. The van der Waals surface area contributed by atoms with Gasteiger partial charge in [-0.25, -0.2) is 0 Å². The number of hydrogen-bond acceptors (Lipinski definition) is 4. The van der Waals surface area contributed by atoms with Gasteiger partial charge in [-0.2, -0.15) is 0 Å². The quantitative estimate of drug-likeness (QED) is 0.405. The zero-order valence-electron chi connectivity index (χ0n) is 7.44. The van der Waals surface area contributed by atoms with Crippen molar-refractivity contribution in [2.24, 2.45) is 0 Å². The predicted molar refractivity (Wildman–Crippen MR) is 44.7 cm³/mol. The van der Waals surface area contributed by atoms with Crippen LogP contribution in [0.2, 0.25) is 0 Å². The average molecular weight is 175 g/mol. The molecule has 0 radical (unpaired) electrons. The molecule has 0 spiro atoms. The van der Waals surface area contributed by atoms with Gasteiger partial charge in [0.25, 0.3) is 0 Å². The van der Waals surface area contributed by atoms with Gasteiger partial charge in [0, 0.05) is 12.1 Å². The maximum absolute atomic E-state index is 9.45. The first-order chi connectivity index (χ1) is 5.57. The molecule has 72 valence electrons. The summed E-state index contributed by atoms with van der Waals surface area (Å²) in [6, 6.07) is -0.272. The van der Waals surface area contributed by atoms with Gasteiger partial charge in [-0.3, -0.25) is 0 Å². The number of aliphatic hydroxyl groups is 3. The lowest BCUT2D eigenvalue weighted by molar-refractivity contribution is -0.110. The number of rotatable bonds is 1. The summed E-state index contributed by atoms with van der Waals surface area (Å²) in [5, 5.41) is 31.2. The first kappa shape index (κ1) is 9.92. The molecule has 4 nitrogen and oxygen atoms in total. The molecule has 0 saturated carbocycles. The Morgan fingerprint density at radius 3 is 2.17 bits per heavy atom. The van der Waals surface area contributed by atoms with Gasteiger partial charge in [0.2, 0.25) is 0 Å². The van der Waals surface area contributed by atoms with Crippen LogP contribution in [-0.4, -0.2) is 45.7 Å². The molecule has 0 aromatic rings. The molecule has 0 aromatic carbocycles. The third-order valence-electron chi connectivity index (χ3n) is 2.54. The molecule has 1 aliphatic rings. The molecule has 1 rings (SSSR count). The van der Waals surface area contributed by atoms with Crippen LogP contribution >= 0.6 is 0 Å². The minimum atomic E-state index is -1.02. The van der Waals surface area contributed by atoms with Crippen LogP contribution in [0.5, 0.6) is 0 Å². The van der Waals surface area contributed by atoms with Crippen molar-refractivity contribution >= 4 is 0 Å². The summed E-state index contributed by atoms with van der Waals surface area (Å²) in [6.45, 7) is 3.72. The molecule has 1 saturated heterocycles. The van der Waals surface area contributed by atoms with E-state index in [9.17, 15) is 15.3 Å². The normalized spacial score (nSPS) is 49.2. The van der Waals surface area contributed by atoms with E-state index in [1.807, 2.05) is 6.92 Å². The maximum atomic E-state index is 9.45. The topological polar surface area (TPSA) is 72.7 Å². The summed E-state index contributed by atoms with van der Waals surface area (Å²) in [5.74, 6) is 0. The van der Waals surface area contributed by atoms with Crippen LogP contribution < -0.4 is 5.32 Å². The second-order valence-electron chi connectivity index (χ2n) is 3.44. The van der Waals surface area contributed by atoms with Gasteiger partial charge in [0.1, 0.15) is 6.10 Å². The number of nitrogens with one attached hydrogen (secondary N) is 1. The smallest absolute Gasteiger partial charge is 0.109 e. The van der Waals surface area contributed by atoms with E-state index in [4.69, 9.17) is 0 Å². The first-order valence-corrected chi connectivity index (χ1v) is 4.38. The molecule has 5 atom stereocenters. The van der Waals surface area contributed by atoms with E-state index in [0.717, 1.165) is 6.42 Å². The summed E-state index contributed by atoms with van der Waals surface area (Å²) in [4.78, 5) is 0. The molecular weight excluding hydrogens is 158 g/mol. The lowest BCUT2D eigenvalue weighted by atomic mass is 9.90. The molecule has 0 aliphatic carbocycles. The highest BCUT2D eigenvalue weighted by Gasteiger charge is 2.39. The van der Waals surface area contributed by atoms with Crippen molar-refractivity contribution in [1.82, 2.24) is 5.32 Å². The molecule has 4 heteroatoms. The highest BCUT2D eigenvalue weighted by molar-refractivity contribution is 4.95. The van der Waals surface area contributed by atoms with Crippen LogP contribution in [0.15, 0.2) is 0 Å². The summed E-state index contributed by atoms with van der Waals surface area (Å²) in [7, 11) is 0. The molecule has 1 aliphatic heterocycles. The zero-order chi connectivity index (χ0) is 9.30. The molecule has 1 fully saturated rings. The largest absolute Gasteiger partial charge is 0.389 e. The third-order valence-corrected chi connectivity index (χ3v) is 2.54. The van der Waals surface area contributed by atoms with E-state index < -0.39 is 18.3 Å². The van der Waals surface area contributed by atoms with E-state index >= 15 is 0 Å². The lowest BCUT2D eigenvalue weighted by Crippen LogP contribution is -2.63. The van der Waals surface area contributed by atoms with Crippen molar-refractivity contribution < 1.29 is 15.3 Å². The van der Waals surface area contributed by atoms with Crippen LogP contribution in [0.4, 0.5) is 0 Å². The fourth-order valence-electron chi connectivity index (χ4n) is 1.63. The molecule has 12 heavy (non-hydrogen) atoms. The molecule has 0 amide bonds. The van der Waals surface area contributed by atoms with Crippen LogP contribution in [0.1, 0.15) is 20.3 Å². The van der Waals surface area contributed by atoms with Crippen LogP contribution in [0.25, 0.3) is 0 Å². The fraction of sp³-hybridized carbons (Fsp3) is 1.00. The van der Waals surface area contributed by atoms with E-state index in [1.54, 1.807) is 6.92 Å². The Morgan fingerprint density at radius 1 is 1.08 bits per heavy atom. The van der Waals surface area contributed by atoms with Gasteiger partial charge >= 0.3 is 0 Å².